The second-order valence-corrected chi connectivity index (χ2v) is 8.41. The Kier molecular flexibility index (Phi) is 6.92. The Bertz CT molecular complexity index is 1160. The first kappa shape index (κ1) is 21.4. The first-order valence-corrected chi connectivity index (χ1v) is 11.2. The maximum Gasteiger partial charge on any atom is 0.132 e. The summed E-state index contributed by atoms with van der Waals surface area (Å²) in [4.78, 5) is 4.28. The van der Waals surface area contributed by atoms with Gasteiger partial charge in [-0.15, -0.1) is 11.3 Å². The highest BCUT2D eigenvalue weighted by molar-refractivity contribution is 7.17. The Morgan fingerprint density at radius 3 is 2.55 bits per heavy atom. The Balaban J connectivity index is 1.39. The summed E-state index contributed by atoms with van der Waals surface area (Å²) in [5, 5.41) is 13.0. The van der Waals surface area contributed by atoms with Gasteiger partial charge in [-0.05, 0) is 47.2 Å². The number of aliphatic hydroxyl groups is 1. The molecule has 0 aliphatic heterocycles. The number of anilines is 1. The average Bonchev–Trinajstić information content (AvgIpc) is 3.21. The van der Waals surface area contributed by atoms with Crippen molar-refractivity contribution in [1.29, 1.82) is 0 Å². The molecule has 7 heteroatoms. The molecule has 0 atom stereocenters. The maximum atomic E-state index is 9.27. The van der Waals surface area contributed by atoms with Gasteiger partial charge in [0.15, 0.2) is 0 Å². The normalized spacial score (nSPS) is 11.0. The smallest absolute Gasteiger partial charge is 0.132 e. The summed E-state index contributed by atoms with van der Waals surface area (Å²) < 4.78 is 13.0. The first-order chi connectivity index (χ1) is 15.1. The van der Waals surface area contributed by atoms with Crippen molar-refractivity contribution >= 4 is 38.8 Å². The number of pyridine rings is 1. The number of nitrogens with two attached hydrogens (primary N) is 1. The van der Waals surface area contributed by atoms with Gasteiger partial charge in [0.25, 0.3) is 0 Å². The largest absolute Gasteiger partial charge is 0.493 e. The zero-order chi connectivity index (χ0) is 21.6. The van der Waals surface area contributed by atoms with E-state index in [9.17, 15) is 5.11 Å². The summed E-state index contributed by atoms with van der Waals surface area (Å²) in [6.45, 7) is 1.02. The van der Waals surface area contributed by atoms with Crippen LogP contribution in [0.15, 0.2) is 60.1 Å². The maximum absolute atomic E-state index is 9.27. The predicted octanol–water partition coefficient (Wildman–Crippen LogP) is 5.27. The summed E-state index contributed by atoms with van der Waals surface area (Å²) in [6, 6.07) is 15.4. The molecule has 3 N–H and O–H groups in total. The topological polar surface area (TPSA) is 77.6 Å². The van der Waals surface area contributed by atoms with Gasteiger partial charge in [0.05, 0.1) is 6.61 Å². The molecule has 0 aliphatic rings. The van der Waals surface area contributed by atoms with Crippen LogP contribution in [0, 0.1) is 0 Å². The number of aromatic nitrogens is 1. The molecule has 0 spiro atoms. The first-order valence-electron chi connectivity index (χ1n) is 9.98. The third-order valence-electron chi connectivity index (χ3n) is 4.93. The Morgan fingerprint density at radius 2 is 1.77 bits per heavy atom. The lowest BCUT2D eigenvalue weighted by Crippen LogP contribution is -2.02. The summed E-state index contributed by atoms with van der Waals surface area (Å²) in [5.74, 6) is 1.96. The standard InChI is InChI=1S/C24H23ClN2O3S/c25-19-6-4-16(5-7-19)9-11-29-20-2-1-3-21(12-20)30-14-18-15-31-23-17(8-10-28)13-27-24(26)22(18)23/h1-7,12-13,15,28H,8-11,14H2,(H2,26,27). The molecule has 0 bridgehead atoms. The van der Waals surface area contributed by atoms with Crippen LogP contribution < -0.4 is 15.2 Å². The van der Waals surface area contributed by atoms with Crippen LogP contribution in [0.4, 0.5) is 5.82 Å². The minimum absolute atomic E-state index is 0.0786. The molecule has 2 aromatic carbocycles. The van der Waals surface area contributed by atoms with Gasteiger partial charge in [0.1, 0.15) is 23.9 Å². The van der Waals surface area contributed by atoms with Crippen LogP contribution in [0.5, 0.6) is 11.5 Å². The number of hydrogen-bond donors (Lipinski definition) is 2. The van der Waals surface area contributed by atoms with E-state index in [2.05, 4.69) is 4.98 Å². The number of nitrogens with zero attached hydrogens (tertiary/aromatic N) is 1. The number of halogens is 1. The molecule has 0 aliphatic carbocycles. The minimum atomic E-state index is 0.0786. The molecular weight excluding hydrogens is 432 g/mol. The van der Waals surface area contributed by atoms with Gasteiger partial charge in [-0.2, -0.15) is 0 Å². The number of ether oxygens (including phenoxy) is 2. The fourth-order valence-electron chi connectivity index (χ4n) is 3.34. The number of nitrogen functional groups attached to an aromatic ring is 1. The van der Waals surface area contributed by atoms with Crippen molar-refractivity contribution in [2.75, 3.05) is 18.9 Å². The molecular formula is C24H23ClN2O3S. The number of thiophene rings is 1. The van der Waals surface area contributed by atoms with Gasteiger partial charge >= 0.3 is 0 Å². The van der Waals surface area contributed by atoms with E-state index in [0.29, 0.717) is 25.5 Å². The van der Waals surface area contributed by atoms with E-state index in [4.69, 9.17) is 26.8 Å². The summed E-state index contributed by atoms with van der Waals surface area (Å²) in [6.07, 6.45) is 3.09. The average molecular weight is 455 g/mol. The zero-order valence-electron chi connectivity index (χ0n) is 16.9. The fraction of sp³-hybridized carbons (Fsp3) is 0.208. The lowest BCUT2D eigenvalue weighted by atomic mass is 10.1. The van der Waals surface area contributed by atoms with Gasteiger partial charge in [-0.25, -0.2) is 4.98 Å². The van der Waals surface area contributed by atoms with Crippen LogP contribution >= 0.6 is 22.9 Å². The second kappa shape index (κ2) is 10.0. The Hall–Kier alpha value is -2.80. The molecule has 0 saturated heterocycles. The van der Waals surface area contributed by atoms with E-state index in [0.717, 1.165) is 44.2 Å². The predicted molar refractivity (Wildman–Crippen MR) is 126 cm³/mol. The Morgan fingerprint density at radius 1 is 1.00 bits per heavy atom. The highest BCUT2D eigenvalue weighted by atomic mass is 35.5. The molecule has 0 radical (unpaired) electrons. The number of fused-ring (bicyclic) bond motifs is 1. The summed E-state index contributed by atoms with van der Waals surface area (Å²) in [7, 11) is 0. The second-order valence-electron chi connectivity index (χ2n) is 7.10. The molecule has 0 saturated carbocycles. The highest BCUT2D eigenvalue weighted by Crippen LogP contribution is 2.33. The van der Waals surface area contributed by atoms with Crippen LogP contribution in [0.3, 0.4) is 0 Å². The molecule has 4 aromatic rings. The van der Waals surface area contributed by atoms with E-state index in [-0.39, 0.29) is 6.61 Å². The van der Waals surface area contributed by atoms with Gasteiger partial charge in [-0.1, -0.05) is 29.8 Å². The lowest BCUT2D eigenvalue weighted by Gasteiger charge is -2.10. The number of aliphatic hydroxyl groups excluding tert-OH is 1. The van der Waals surface area contributed by atoms with Crippen molar-refractivity contribution in [3.63, 3.8) is 0 Å². The molecule has 0 amide bonds. The van der Waals surface area contributed by atoms with Crippen LogP contribution in [0.2, 0.25) is 5.02 Å². The van der Waals surface area contributed by atoms with E-state index in [1.54, 1.807) is 17.5 Å². The van der Waals surface area contributed by atoms with Gasteiger partial charge < -0.3 is 20.3 Å². The van der Waals surface area contributed by atoms with E-state index < -0.39 is 0 Å². The minimum Gasteiger partial charge on any atom is -0.493 e. The van der Waals surface area contributed by atoms with Crippen LogP contribution in [0.1, 0.15) is 16.7 Å². The molecule has 5 nitrogen and oxygen atoms in total. The molecule has 160 valence electrons. The van der Waals surface area contributed by atoms with Crippen molar-refractivity contribution in [3.8, 4) is 11.5 Å². The van der Waals surface area contributed by atoms with E-state index in [1.165, 1.54) is 5.56 Å². The van der Waals surface area contributed by atoms with Gasteiger partial charge in [0.2, 0.25) is 0 Å². The van der Waals surface area contributed by atoms with Crippen molar-refractivity contribution in [2.24, 2.45) is 0 Å². The van der Waals surface area contributed by atoms with Crippen LogP contribution in [-0.4, -0.2) is 23.3 Å². The number of hydrogen-bond acceptors (Lipinski definition) is 6. The van der Waals surface area contributed by atoms with Crippen molar-refractivity contribution < 1.29 is 14.6 Å². The highest BCUT2D eigenvalue weighted by Gasteiger charge is 2.13. The van der Waals surface area contributed by atoms with Crippen LogP contribution in [-0.2, 0) is 19.4 Å². The van der Waals surface area contributed by atoms with Gasteiger partial charge in [0, 0.05) is 46.0 Å². The van der Waals surface area contributed by atoms with Crippen molar-refractivity contribution in [2.45, 2.75) is 19.4 Å². The van der Waals surface area contributed by atoms with Gasteiger partial charge in [-0.3, -0.25) is 0 Å². The zero-order valence-corrected chi connectivity index (χ0v) is 18.5. The van der Waals surface area contributed by atoms with Crippen molar-refractivity contribution in [1.82, 2.24) is 4.98 Å². The molecule has 2 heterocycles. The fourth-order valence-corrected chi connectivity index (χ4v) is 4.57. The summed E-state index contributed by atoms with van der Waals surface area (Å²) >= 11 is 7.52. The monoisotopic (exact) mass is 454 g/mol. The quantitative estimate of drug-likeness (QED) is 0.360. The van der Waals surface area contributed by atoms with Crippen LogP contribution in [0.25, 0.3) is 10.1 Å². The third-order valence-corrected chi connectivity index (χ3v) is 6.28. The number of benzene rings is 2. The Labute approximate surface area is 190 Å². The van der Waals surface area contributed by atoms with Crippen molar-refractivity contribution in [3.05, 3.63) is 81.8 Å². The molecule has 0 unspecified atom stereocenters. The van der Waals surface area contributed by atoms with E-state index >= 15 is 0 Å². The lowest BCUT2D eigenvalue weighted by molar-refractivity contribution is 0.297. The molecule has 4 rings (SSSR count). The van der Waals surface area contributed by atoms with E-state index in [1.807, 2.05) is 53.9 Å². The molecule has 31 heavy (non-hydrogen) atoms. The summed E-state index contributed by atoms with van der Waals surface area (Å²) in [5.41, 5.74) is 9.28. The SMILES string of the molecule is Nc1ncc(CCO)c2scc(COc3cccc(OCCc4ccc(Cl)cc4)c3)c12. The molecule has 2 aromatic heterocycles. The molecule has 0 fully saturated rings. The third kappa shape index (κ3) is 5.28. The number of rotatable bonds is 9.